The molecule has 0 bridgehead atoms. The Morgan fingerprint density at radius 1 is 0.875 bits per heavy atom. The van der Waals surface area contributed by atoms with Gasteiger partial charge < -0.3 is 5.32 Å². The molecule has 5 aromatic rings. The van der Waals surface area contributed by atoms with E-state index in [9.17, 15) is 18.0 Å². The molecule has 0 aliphatic rings. The average Bonchev–Trinajstić information content (AvgIpc) is 3.16. The number of nitrogens with one attached hydrogen (secondary N) is 1. The smallest absolute Gasteiger partial charge is 0.322 e. The molecule has 0 spiro atoms. The van der Waals surface area contributed by atoms with Crippen molar-refractivity contribution < 1.29 is 13.2 Å². The van der Waals surface area contributed by atoms with Gasteiger partial charge in [-0.1, -0.05) is 53.6 Å². The Morgan fingerprint density at radius 3 is 2.23 bits per heavy atom. The van der Waals surface area contributed by atoms with E-state index in [4.69, 9.17) is 11.6 Å². The molecular weight excluding hydrogens is 548 g/mol. The minimum atomic E-state index is -4.06. The van der Waals surface area contributed by atoms with E-state index in [1.54, 1.807) is 105 Å². The van der Waals surface area contributed by atoms with Gasteiger partial charge in [0, 0.05) is 24.8 Å². The molecular formula is C30H27ClN4O4S. The van der Waals surface area contributed by atoms with Crippen LogP contribution in [-0.2, 0) is 30.7 Å². The van der Waals surface area contributed by atoms with Gasteiger partial charge in [-0.05, 0) is 67.1 Å². The highest BCUT2D eigenvalue weighted by molar-refractivity contribution is 7.92. The molecule has 4 aromatic carbocycles. The second-order valence-electron chi connectivity index (χ2n) is 9.53. The lowest BCUT2D eigenvalue weighted by Gasteiger charge is -2.27. The maximum atomic E-state index is 14.0. The number of imidazole rings is 1. The zero-order chi connectivity index (χ0) is 28.6. The summed E-state index contributed by atoms with van der Waals surface area (Å²) >= 11 is 6.06. The van der Waals surface area contributed by atoms with Gasteiger partial charge in [0.15, 0.2) is 0 Å². The molecule has 0 atom stereocenters. The number of carbonyl (C=O) groups excluding carboxylic acids is 1. The molecule has 1 N–H and O–H groups in total. The molecule has 1 aromatic heterocycles. The maximum absolute atomic E-state index is 14.0. The van der Waals surface area contributed by atoms with Crippen LogP contribution in [0.4, 0.5) is 11.4 Å². The topological polar surface area (TPSA) is 93.4 Å². The summed E-state index contributed by atoms with van der Waals surface area (Å²) in [7, 11) is -0.719. The Hall–Kier alpha value is -4.34. The van der Waals surface area contributed by atoms with Crippen LogP contribution >= 0.6 is 11.6 Å². The standard InChI is InChI=1S/C30H27ClN4O4S/c1-20-8-15-24(16-9-20)40(38,39)35(19-21-10-12-22(31)13-11-21)26-7-5-4-6-25(26)29(36)32-23-14-17-27-28(18-23)34(3)30(37)33(27)2/h4-18H,19H2,1-3H3,(H,32,36). The average molecular weight is 575 g/mol. The minimum absolute atomic E-state index is 0.0181. The Kier molecular flexibility index (Phi) is 7.27. The van der Waals surface area contributed by atoms with E-state index in [1.807, 2.05) is 6.92 Å². The van der Waals surface area contributed by atoms with E-state index in [0.717, 1.165) is 11.1 Å². The minimum Gasteiger partial charge on any atom is -0.322 e. The van der Waals surface area contributed by atoms with Crippen molar-refractivity contribution in [2.75, 3.05) is 9.62 Å². The number of fused-ring (bicyclic) bond motifs is 1. The van der Waals surface area contributed by atoms with E-state index in [-0.39, 0.29) is 28.4 Å². The normalized spacial score (nSPS) is 11.5. The van der Waals surface area contributed by atoms with Gasteiger partial charge in [0.2, 0.25) is 0 Å². The third kappa shape index (κ3) is 5.13. The molecule has 0 unspecified atom stereocenters. The molecule has 204 valence electrons. The molecule has 0 saturated heterocycles. The summed E-state index contributed by atoms with van der Waals surface area (Å²) < 4.78 is 32.3. The number of aryl methyl sites for hydroxylation is 3. The van der Waals surface area contributed by atoms with Crippen LogP contribution in [0.25, 0.3) is 11.0 Å². The van der Waals surface area contributed by atoms with E-state index < -0.39 is 15.9 Å². The molecule has 8 nitrogen and oxygen atoms in total. The molecule has 1 heterocycles. The predicted octanol–water partition coefficient (Wildman–Crippen LogP) is 5.49. The van der Waals surface area contributed by atoms with Gasteiger partial charge in [-0.3, -0.25) is 18.2 Å². The van der Waals surface area contributed by atoms with Gasteiger partial charge in [0.05, 0.1) is 33.7 Å². The molecule has 0 fully saturated rings. The Balaban J connectivity index is 1.57. The predicted molar refractivity (Wildman–Crippen MR) is 159 cm³/mol. The lowest BCUT2D eigenvalue weighted by Crippen LogP contribution is -2.32. The van der Waals surface area contributed by atoms with E-state index in [0.29, 0.717) is 21.8 Å². The zero-order valence-electron chi connectivity index (χ0n) is 22.1. The molecule has 0 radical (unpaired) electrons. The highest BCUT2D eigenvalue weighted by Gasteiger charge is 2.29. The zero-order valence-corrected chi connectivity index (χ0v) is 23.7. The van der Waals surface area contributed by atoms with E-state index in [2.05, 4.69) is 5.32 Å². The largest absolute Gasteiger partial charge is 0.328 e. The molecule has 0 aliphatic heterocycles. The first-order chi connectivity index (χ1) is 19.1. The van der Waals surface area contributed by atoms with Crippen LogP contribution < -0.4 is 15.3 Å². The van der Waals surface area contributed by atoms with E-state index in [1.165, 1.54) is 13.4 Å². The fourth-order valence-corrected chi connectivity index (χ4v) is 6.16. The highest BCUT2D eigenvalue weighted by Crippen LogP contribution is 2.30. The van der Waals surface area contributed by atoms with Crippen molar-refractivity contribution in [1.29, 1.82) is 0 Å². The summed E-state index contributed by atoms with van der Waals surface area (Å²) in [6.45, 7) is 1.86. The Morgan fingerprint density at radius 2 is 1.52 bits per heavy atom. The number of para-hydroxylation sites is 1. The quantitative estimate of drug-likeness (QED) is 0.278. The number of carbonyl (C=O) groups is 1. The molecule has 1 amide bonds. The Bertz CT molecular complexity index is 1890. The number of sulfonamides is 1. The fourth-order valence-electron chi connectivity index (χ4n) is 4.56. The molecule has 5 rings (SSSR count). The van der Waals surface area contributed by atoms with Crippen molar-refractivity contribution >= 4 is 49.9 Å². The van der Waals surface area contributed by atoms with E-state index >= 15 is 0 Å². The summed E-state index contributed by atoms with van der Waals surface area (Å²) in [4.78, 5) is 26.1. The summed E-state index contributed by atoms with van der Waals surface area (Å²) in [6.07, 6.45) is 0. The van der Waals surface area contributed by atoms with Crippen molar-refractivity contribution in [1.82, 2.24) is 9.13 Å². The summed E-state index contributed by atoms with van der Waals surface area (Å²) in [6, 6.07) is 25.2. The van der Waals surface area contributed by atoms with Crippen LogP contribution in [0.2, 0.25) is 5.02 Å². The lowest BCUT2D eigenvalue weighted by atomic mass is 10.1. The maximum Gasteiger partial charge on any atom is 0.328 e. The summed E-state index contributed by atoms with van der Waals surface area (Å²) in [5.74, 6) is -0.490. The van der Waals surface area contributed by atoms with Crippen LogP contribution in [0.5, 0.6) is 0 Å². The molecule has 10 heteroatoms. The van der Waals surface area contributed by atoms with Gasteiger partial charge in [-0.2, -0.15) is 0 Å². The van der Waals surface area contributed by atoms with Crippen LogP contribution in [0.15, 0.2) is 101 Å². The first-order valence-corrected chi connectivity index (χ1v) is 14.3. The fraction of sp³-hybridized carbons (Fsp3) is 0.133. The summed E-state index contributed by atoms with van der Waals surface area (Å²) in [5.41, 5.74) is 3.70. The van der Waals surface area contributed by atoms with Crippen molar-refractivity contribution in [3.63, 3.8) is 0 Å². The van der Waals surface area contributed by atoms with Crippen molar-refractivity contribution in [3.8, 4) is 0 Å². The molecule has 40 heavy (non-hydrogen) atoms. The number of nitrogens with zero attached hydrogens (tertiary/aromatic N) is 3. The number of rotatable bonds is 7. The third-order valence-corrected chi connectivity index (χ3v) is 8.82. The number of anilines is 2. The second-order valence-corrected chi connectivity index (χ2v) is 11.8. The number of halogens is 1. The Labute approximate surface area is 237 Å². The van der Waals surface area contributed by atoms with Crippen LogP contribution in [0.1, 0.15) is 21.5 Å². The van der Waals surface area contributed by atoms with Gasteiger partial charge in [-0.25, -0.2) is 13.2 Å². The number of aromatic nitrogens is 2. The van der Waals surface area contributed by atoms with Crippen LogP contribution in [0.3, 0.4) is 0 Å². The number of hydrogen-bond donors (Lipinski definition) is 1. The van der Waals surface area contributed by atoms with Gasteiger partial charge >= 0.3 is 5.69 Å². The first-order valence-electron chi connectivity index (χ1n) is 12.5. The molecule has 0 saturated carbocycles. The van der Waals surface area contributed by atoms with Gasteiger partial charge in [0.25, 0.3) is 15.9 Å². The number of hydrogen-bond acceptors (Lipinski definition) is 4. The van der Waals surface area contributed by atoms with Crippen LogP contribution in [0, 0.1) is 6.92 Å². The second kappa shape index (κ2) is 10.7. The molecule has 0 aliphatic carbocycles. The lowest BCUT2D eigenvalue weighted by molar-refractivity contribution is 0.102. The number of benzene rings is 4. The van der Waals surface area contributed by atoms with Gasteiger partial charge in [-0.15, -0.1) is 0 Å². The van der Waals surface area contributed by atoms with Crippen molar-refractivity contribution in [2.45, 2.75) is 18.4 Å². The van der Waals surface area contributed by atoms with Crippen molar-refractivity contribution in [3.05, 3.63) is 123 Å². The van der Waals surface area contributed by atoms with Crippen molar-refractivity contribution in [2.24, 2.45) is 14.1 Å². The van der Waals surface area contributed by atoms with Gasteiger partial charge in [0.1, 0.15) is 0 Å². The monoisotopic (exact) mass is 574 g/mol. The number of amides is 1. The highest BCUT2D eigenvalue weighted by atomic mass is 35.5. The third-order valence-electron chi connectivity index (χ3n) is 6.80. The van der Waals surface area contributed by atoms with Crippen LogP contribution in [-0.4, -0.2) is 23.5 Å². The SMILES string of the molecule is Cc1ccc(S(=O)(=O)N(Cc2ccc(Cl)cc2)c2ccccc2C(=O)Nc2ccc3c(c2)n(C)c(=O)n3C)cc1. The summed E-state index contributed by atoms with van der Waals surface area (Å²) in [5, 5.41) is 3.40. The first kappa shape index (κ1) is 27.2.